The maximum atomic E-state index is 11.2. The molecule has 0 aromatic heterocycles. The second-order valence-electron chi connectivity index (χ2n) is 11.1. The Morgan fingerprint density at radius 2 is 1.87 bits per heavy atom. The number of aliphatic hydroxyl groups is 1. The molecule has 30 heavy (non-hydrogen) atoms. The first-order valence-electron chi connectivity index (χ1n) is 12.2. The van der Waals surface area contributed by atoms with Crippen LogP contribution in [0.1, 0.15) is 86.5 Å². The van der Waals surface area contributed by atoms with Crippen molar-refractivity contribution in [2.75, 3.05) is 13.2 Å². The molecule has 0 aromatic carbocycles. The van der Waals surface area contributed by atoms with Gasteiger partial charge in [0.15, 0.2) is 14.6 Å². The van der Waals surface area contributed by atoms with Gasteiger partial charge in [-0.1, -0.05) is 20.8 Å². The third-order valence-electron chi connectivity index (χ3n) is 7.57. The van der Waals surface area contributed by atoms with Gasteiger partial charge in [-0.05, 0) is 83.8 Å². The van der Waals surface area contributed by atoms with Crippen LogP contribution in [-0.2, 0) is 18.6 Å². The van der Waals surface area contributed by atoms with Crippen molar-refractivity contribution in [2.24, 2.45) is 5.92 Å². The van der Waals surface area contributed by atoms with Crippen LogP contribution in [0.5, 0.6) is 0 Å². The van der Waals surface area contributed by atoms with Crippen LogP contribution in [0.15, 0.2) is 0 Å². The molecule has 0 bridgehead atoms. The Hall–Kier alpha value is 0.0169. The highest BCUT2D eigenvalue weighted by Gasteiger charge is 2.47. The van der Waals surface area contributed by atoms with Gasteiger partial charge in [0.05, 0.1) is 23.9 Å². The summed E-state index contributed by atoms with van der Waals surface area (Å²) in [7, 11) is -1.83. The van der Waals surface area contributed by atoms with Crippen LogP contribution in [0.2, 0.25) is 18.1 Å². The fourth-order valence-electron chi connectivity index (χ4n) is 4.59. The molecule has 1 aliphatic carbocycles. The van der Waals surface area contributed by atoms with Crippen LogP contribution in [0, 0.1) is 5.92 Å². The highest BCUT2D eigenvalue weighted by molar-refractivity contribution is 6.74. The van der Waals surface area contributed by atoms with Crippen molar-refractivity contribution in [2.45, 2.75) is 135 Å². The minimum atomic E-state index is -1.83. The molecule has 178 valence electrons. The Balaban J connectivity index is 1.98. The van der Waals surface area contributed by atoms with E-state index < -0.39 is 13.9 Å². The van der Waals surface area contributed by atoms with E-state index in [-0.39, 0.29) is 29.6 Å². The molecule has 2 rings (SSSR count). The Bertz CT molecular complexity index is 516. The van der Waals surface area contributed by atoms with Crippen LogP contribution < -0.4 is 0 Å². The van der Waals surface area contributed by atoms with E-state index >= 15 is 0 Å². The summed E-state index contributed by atoms with van der Waals surface area (Å²) in [5.41, 5.74) is -0.801. The van der Waals surface area contributed by atoms with Gasteiger partial charge in [0.1, 0.15) is 0 Å². The second-order valence-corrected chi connectivity index (χ2v) is 15.9. The maximum Gasteiger partial charge on any atom is 0.192 e. The van der Waals surface area contributed by atoms with Gasteiger partial charge in [-0.2, -0.15) is 0 Å². The van der Waals surface area contributed by atoms with Crippen LogP contribution in [0.4, 0.5) is 0 Å². The smallest absolute Gasteiger partial charge is 0.192 e. The van der Waals surface area contributed by atoms with E-state index in [0.717, 1.165) is 44.9 Å². The molecule has 2 aliphatic rings. The number of hydrogen-bond donors (Lipinski definition) is 1. The zero-order valence-corrected chi connectivity index (χ0v) is 21.8. The summed E-state index contributed by atoms with van der Waals surface area (Å²) in [4.78, 5) is 0. The lowest BCUT2D eigenvalue weighted by atomic mass is 9.80. The molecule has 0 amide bonds. The quantitative estimate of drug-likeness (QED) is 0.283. The molecule has 0 spiro atoms. The molecule has 1 heterocycles. The van der Waals surface area contributed by atoms with Gasteiger partial charge in [-0.25, -0.2) is 0 Å². The van der Waals surface area contributed by atoms with Gasteiger partial charge < -0.3 is 23.7 Å². The van der Waals surface area contributed by atoms with E-state index in [0.29, 0.717) is 19.1 Å². The average molecular weight is 445 g/mol. The van der Waals surface area contributed by atoms with Gasteiger partial charge >= 0.3 is 0 Å². The zero-order valence-electron chi connectivity index (χ0n) is 20.8. The van der Waals surface area contributed by atoms with Crippen molar-refractivity contribution >= 4 is 8.32 Å². The average Bonchev–Trinajstić information content (AvgIpc) is 2.74. The lowest BCUT2D eigenvalue weighted by Crippen LogP contribution is -2.49. The molecule has 6 atom stereocenters. The number of rotatable bonds is 9. The molecular weight excluding hydrogens is 396 g/mol. The molecular formula is C24H48O5Si. The third kappa shape index (κ3) is 7.01. The first-order chi connectivity index (χ1) is 13.9. The van der Waals surface area contributed by atoms with Gasteiger partial charge in [0.2, 0.25) is 0 Å². The van der Waals surface area contributed by atoms with E-state index in [1.165, 1.54) is 0 Å². The van der Waals surface area contributed by atoms with Crippen LogP contribution in [0.3, 0.4) is 0 Å². The molecule has 5 nitrogen and oxygen atoms in total. The molecule has 1 unspecified atom stereocenters. The van der Waals surface area contributed by atoms with E-state index in [2.05, 4.69) is 33.9 Å². The van der Waals surface area contributed by atoms with Crippen LogP contribution >= 0.6 is 0 Å². The van der Waals surface area contributed by atoms with Crippen molar-refractivity contribution in [3.05, 3.63) is 0 Å². The largest absolute Gasteiger partial charge is 0.414 e. The van der Waals surface area contributed by atoms with Crippen molar-refractivity contribution in [1.82, 2.24) is 0 Å². The lowest BCUT2D eigenvalue weighted by molar-refractivity contribution is -0.149. The van der Waals surface area contributed by atoms with Gasteiger partial charge in [0, 0.05) is 19.1 Å². The Kier molecular flexibility index (Phi) is 9.42. The van der Waals surface area contributed by atoms with E-state index in [9.17, 15) is 5.11 Å². The Morgan fingerprint density at radius 3 is 2.50 bits per heavy atom. The monoisotopic (exact) mass is 444 g/mol. The topological polar surface area (TPSA) is 57.2 Å². The summed E-state index contributed by atoms with van der Waals surface area (Å²) in [5.74, 6) is 0.388. The minimum absolute atomic E-state index is 0.148. The lowest BCUT2D eigenvalue weighted by Gasteiger charge is -2.45. The van der Waals surface area contributed by atoms with Crippen molar-refractivity contribution in [3.63, 3.8) is 0 Å². The summed E-state index contributed by atoms with van der Waals surface area (Å²) in [6.45, 7) is 18.7. The van der Waals surface area contributed by atoms with E-state index in [4.69, 9.17) is 18.6 Å². The molecule has 6 heteroatoms. The molecule has 2 fully saturated rings. The number of fused-ring (bicyclic) bond motifs is 1. The Morgan fingerprint density at radius 1 is 1.17 bits per heavy atom. The fourth-order valence-corrected chi connectivity index (χ4v) is 5.99. The van der Waals surface area contributed by atoms with Gasteiger partial charge in [-0.3, -0.25) is 0 Å². The highest BCUT2D eigenvalue weighted by Crippen LogP contribution is 2.44. The summed E-state index contributed by atoms with van der Waals surface area (Å²) < 4.78 is 24.6. The normalized spacial score (nSPS) is 34.3. The predicted molar refractivity (Wildman–Crippen MR) is 124 cm³/mol. The minimum Gasteiger partial charge on any atom is -0.414 e. The van der Waals surface area contributed by atoms with Crippen LogP contribution in [-0.4, -0.2) is 56.8 Å². The predicted octanol–water partition coefficient (Wildman–Crippen LogP) is 5.65. The standard InChI is InChI=1S/C24H48O5Si/c1-9-26-18(2)27-17-11-14-22-24(6,25)16-15-19-20(28-22)12-10-13-21(19)29-30(7,8)23(3,4)5/h18-22,25H,9-17H2,1-8H3/t18?,19-,20+,21-,22-,24-/m1/s1. The first-order valence-corrected chi connectivity index (χ1v) is 15.1. The number of ether oxygens (including phenoxy) is 3. The van der Waals surface area contributed by atoms with E-state index in [1.54, 1.807) is 0 Å². The van der Waals surface area contributed by atoms with Gasteiger partial charge in [0.25, 0.3) is 0 Å². The number of hydrogen-bond acceptors (Lipinski definition) is 5. The molecule has 0 radical (unpaired) electrons. The summed E-state index contributed by atoms with van der Waals surface area (Å²) in [5, 5.41) is 11.4. The SMILES string of the molecule is CCOC(C)OCCC[C@H]1O[C@H]2CCC[C@@H](O[Si](C)(C)C(C)(C)C)[C@@H]2CC[C@@]1(C)O. The van der Waals surface area contributed by atoms with E-state index in [1.807, 2.05) is 20.8 Å². The van der Waals surface area contributed by atoms with Crippen molar-refractivity contribution in [1.29, 1.82) is 0 Å². The van der Waals surface area contributed by atoms with Crippen LogP contribution in [0.25, 0.3) is 0 Å². The van der Waals surface area contributed by atoms with Gasteiger partial charge in [-0.15, -0.1) is 0 Å². The third-order valence-corrected chi connectivity index (χ3v) is 12.1. The van der Waals surface area contributed by atoms with Crippen molar-refractivity contribution < 1.29 is 23.7 Å². The zero-order chi connectivity index (χ0) is 22.6. The molecule has 1 N–H and O–H groups in total. The summed E-state index contributed by atoms with van der Waals surface area (Å²) >= 11 is 0. The molecule has 1 saturated carbocycles. The summed E-state index contributed by atoms with van der Waals surface area (Å²) in [6, 6.07) is 0. The Labute approximate surface area is 186 Å². The highest BCUT2D eigenvalue weighted by atomic mass is 28.4. The molecule has 0 aromatic rings. The molecule has 1 aliphatic heterocycles. The second kappa shape index (κ2) is 10.8. The maximum absolute atomic E-state index is 11.2. The molecule has 1 saturated heterocycles. The fraction of sp³-hybridized carbons (Fsp3) is 1.00. The van der Waals surface area contributed by atoms with Crippen molar-refractivity contribution in [3.8, 4) is 0 Å². The first kappa shape index (κ1) is 26.3. The summed E-state index contributed by atoms with van der Waals surface area (Å²) in [6.07, 6.45) is 6.88.